The molecule has 0 spiro atoms. The molecule has 0 bridgehead atoms. The van der Waals surface area contributed by atoms with Gasteiger partial charge in [-0.25, -0.2) is 0 Å². The maximum Gasteiger partial charge on any atom is 0.0132 e. The van der Waals surface area contributed by atoms with Crippen LogP contribution in [0, 0.1) is 0 Å². The first-order valence-corrected chi connectivity index (χ1v) is 7.20. The zero-order valence-corrected chi connectivity index (χ0v) is 9.64. The zero-order chi connectivity index (χ0) is 8.81. The Morgan fingerprint density at radius 1 is 1.50 bits per heavy atom. The van der Waals surface area contributed by atoms with E-state index in [0.29, 0.717) is 6.04 Å². The second-order valence-electron chi connectivity index (χ2n) is 3.41. The van der Waals surface area contributed by atoms with Crippen molar-refractivity contribution in [2.45, 2.75) is 31.8 Å². The largest absolute Gasteiger partial charge is 0.311 e. The van der Waals surface area contributed by atoms with Crippen molar-refractivity contribution in [2.75, 3.05) is 23.5 Å². The first-order valence-electron chi connectivity index (χ1n) is 4.65. The minimum atomic E-state index is 0.688. The molecule has 1 unspecified atom stereocenters. The van der Waals surface area contributed by atoms with E-state index in [0.717, 1.165) is 6.04 Å². The van der Waals surface area contributed by atoms with Gasteiger partial charge in [0.1, 0.15) is 0 Å². The molecule has 0 aromatic carbocycles. The summed E-state index contributed by atoms with van der Waals surface area (Å²) in [6, 6.07) is 1.49. The Hall–Kier alpha value is 0.660. The smallest absolute Gasteiger partial charge is 0.0132 e. The minimum Gasteiger partial charge on any atom is -0.311 e. The minimum absolute atomic E-state index is 0.688. The van der Waals surface area contributed by atoms with Crippen LogP contribution in [0.2, 0.25) is 0 Å². The van der Waals surface area contributed by atoms with E-state index < -0.39 is 0 Å². The highest BCUT2D eigenvalue weighted by atomic mass is 32.2. The Balaban J connectivity index is 2.11. The highest BCUT2D eigenvalue weighted by Crippen LogP contribution is 2.17. The van der Waals surface area contributed by atoms with Crippen LogP contribution in [0.4, 0.5) is 0 Å². The summed E-state index contributed by atoms with van der Waals surface area (Å²) in [6.07, 6.45) is 4.90. The van der Waals surface area contributed by atoms with Gasteiger partial charge in [0, 0.05) is 17.8 Å². The van der Waals surface area contributed by atoms with Crippen LogP contribution in [0.25, 0.3) is 0 Å². The van der Waals surface area contributed by atoms with Crippen LogP contribution in [0.1, 0.15) is 19.8 Å². The average molecular weight is 205 g/mol. The van der Waals surface area contributed by atoms with Gasteiger partial charge < -0.3 is 5.32 Å². The van der Waals surface area contributed by atoms with Crippen LogP contribution in [-0.4, -0.2) is 35.6 Å². The third-order valence-electron chi connectivity index (χ3n) is 2.16. The van der Waals surface area contributed by atoms with E-state index >= 15 is 0 Å². The van der Waals surface area contributed by atoms with Crippen molar-refractivity contribution < 1.29 is 0 Å². The van der Waals surface area contributed by atoms with E-state index in [4.69, 9.17) is 0 Å². The zero-order valence-electron chi connectivity index (χ0n) is 8.01. The van der Waals surface area contributed by atoms with Gasteiger partial charge in [-0.1, -0.05) is 0 Å². The van der Waals surface area contributed by atoms with Gasteiger partial charge in [-0.05, 0) is 37.5 Å². The highest BCUT2D eigenvalue weighted by molar-refractivity contribution is 7.99. The molecule has 0 aromatic rings. The lowest BCUT2D eigenvalue weighted by Gasteiger charge is -2.26. The Kier molecular flexibility index (Phi) is 5.52. The lowest BCUT2D eigenvalue weighted by atomic mass is 10.1. The molecule has 1 aliphatic rings. The number of thioether (sulfide) groups is 2. The van der Waals surface area contributed by atoms with Crippen LogP contribution in [0.3, 0.4) is 0 Å². The number of hydrogen-bond donors (Lipinski definition) is 1. The van der Waals surface area contributed by atoms with Crippen molar-refractivity contribution >= 4 is 23.5 Å². The number of hydrogen-bond acceptors (Lipinski definition) is 3. The van der Waals surface area contributed by atoms with Gasteiger partial charge in [0.05, 0.1) is 0 Å². The van der Waals surface area contributed by atoms with Crippen LogP contribution in [0.5, 0.6) is 0 Å². The average Bonchev–Trinajstić information content (AvgIpc) is 2.06. The van der Waals surface area contributed by atoms with Crippen molar-refractivity contribution in [1.82, 2.24) is 5.32 Å². The molecule has 1 atom stereocenters. The van der Waals surface area contributed by atoms with Gasteiger partial charge in [-0.3, -0.25) is 0 Å². The van der Waals surface area contributed by atoms with Crippen LogP contribution >= 0.6 is 23.5 Å². The lowest BCUT2D eigenvalue weighted by molar-refractivity contribution is 0.443. The van der Waals surface area contributed by atoms with Crippen LogP contribution in [-0.2, 0) is 0 Å². The Bertz CT molecular complexity index is 113. The molecule has 72 valence electrons. The first kappa shape index (κ1) is 10.7. The summed E-state index contributed by atoms with van der Waals surface area (Å²) in [6.45, 7) is 2.29. The Morgan fingerprint density at radius 3 is 2.75 bits per heavy atom. The van der Waals surface area contributed by atoms with E-state index in [-0.39, 0.29) is 0 Å². The predicted octanol–water partition coefficient (Wildman–Crippen LogP) is 2.22. The van der Waals surface area contributed by atoms with E-state index in [1.165, 1.54) is 30.1 Å². The van der Waals surface area contributed by atoms with Gasteiger partial charge in [0.2, 0.25) is 0 Å². The second-order valence-corrected chi connectivity index (χ2v) is 5.55. The molecule has 0 radical (unpaired) electrons. The predicted molar refractivity (Wildman–Crippen MR) is 61.3 cm³/mol. The third-order valence-corrected chi connectivity index (χ3v) is 4.04. The highest BCUT2D eigenvalue weighted by Gasteiger charge is 2.14. The Labute approximate surface area is 84.4 Å². The fourth-order valence-corrected chi connectivity index (χ4v) is 3.27. The van der Waals surface area contributed by atoms with Gasteiger partial charge in [-0.15, -0.1) is 0 Å². The molecule has 1 fully saturated rings. The van der Waals surface area contributed by atoms with Crippen LogP contribution < -0.4 is 5.32 Å². The quantitative estimate of drug-likeness (QED) is 0.756. The molecular formula is C9H19NS2. The van der Waals surface area contributed by atoms with Crippen molar-refractivity contribution in [1.29, 1.82) is 0 Å². The molecule has 1 heterocycles. The lowest BCUT2D eigenvalue weighted by Crippen LogP contribution is -2.40. The molecule has 1 rings (SSSR count). The molecule has 0 amide bonds. The maximum absolute atomic E-state index is 3.69. The fraction of sp³-hybridized carbons (Fsp3) is 1.00. The summed E-state index contributed by atoms with van der Waals surface area (Å²) in [5, 5.41) is 3.69. The fourth-order valence-electron chi connectivity index (χ4n) is 1.56. The number of nitrogens with one attached hydrogen (secondary N) is 1. The van der Waals surface area contributed by atoms with Crippen molar-refractivity contribution in [3.8, 4) is 0 Å². The summed E-state index contributed by atoms with van der Waals surface area (Å²) in [7, 11) is 0. The van der Waals surface area contributed by atoms with Gasteiger partial charge in [0.15, 0.2) is 0 Å². The topological polar surface area (TPSA) is 12.0 Å². The van der Waals surface area contributed by atoms with E-state index in [2.05, 4.69) is 30.3 Å². The molecule has 1 aliphatic heterocycles. The van der Waals surface area contributed by atoms with E-state index in [1.54, 1.807) is 0 Å². The molecule has 3 heteroatoms. The molecule has 1 N–H and O–H groups in total. The molecular weight excluding hydrogens is 186 g/mol. The summed E-state index contributed by atoms with van der Waals surface area (Å²) in [5.74, 6) is 3.94. The molecule has 12 heavy (non-hydrogen) atoms. The van der Waals surface area contributed by atoms with Gasteiger partial charge in [0.25, 0.3) is 0 Å². The molecule has 0 aromatic heterocycles. The van der Waals surface area contributed by atoms with E-state index in [1.807, 2.05) is 11.8 Å². The molecule has 1 nitrogen and oxygen atoms in total. The molecule has 0 saturated carbocycles. The third kappa shape index (κ3) is 4.06. The van der Waals surface area contributed by atoms with Crippen molar-refractivity contribution in [3.05, 3.63) is 0 Å². The van der Waals surface area contributed by atoms with Gasteiger partial charge >= 0.3 is 0 Å². The summed E-state index contributed by atoms with van der Waals surface area (Å²) < 4.78 is 0. The molecule has 1 saturated heterocycles. The van der Waals surface area contributed by atoms with Crippen molar-refractivity contribution in [3.63, 3.8) is 0 Å². The number of rotatable bonds is 4. The summed E-state index contributed by atoms with van der Waals surface area (Å²) in [5.41, 5.74) is 0. The van der Waals surface area contributed by atoms with Crippen molar-refractivity contribution in [2.24, 2.45) is 0 Å². The maximum atomic E-state index is 3.69. The monoisotopic (exact) mass is 205 g/mol. The SMILES string of the molecule is CSCC(C)NC1CCSCC1. The Morgan fingerprint density at radius 2 is 2.17 bits per heavy atom. The normalized spacial score (nSPS) is 22.5. The molecule has 0 aliphatic carbocycles. The summed E-state index contributed by atoms with van der Waals surface area (Å²) >= 11 is 4.02. The standard InChI is InChI=1S/C9H19NS2/c1-8(7-11-2)10-9-3-5-12-6-4-9/h8-10H,3-7H2,1-2H3. The van der Waals surface area contributed by atoms with E-state index in [9.17, 15) is 0 Å². The second kappa shape index (κ2) is 6.17. The first-order chi connectivity index (χ1) is 5.83. The van der Waals surface area contributed by atoms with Gasteiger partial charge in [-0.2, -0.15) is 23.5 Å². The van der Waals surface area contributed by atoms with Crippen LogP contribution in [0.15, 0.2) is 0 Å². The summed E-state index contributed by atoms with van der Waals surface area (Å²) in [4.78, 5) is 0.